The number of carbonyl (C=O) groups is 1. The molecule has 0 atom stereocenters. The number of allylic oxidation sites excluding steroid dienone is 4. The number of hydrogen-bond acceptors (Lipinski definition) is 1. The predicted molar refractivity (Wildman–Crippen MR) is 55.6 cm³/mol. The van der Waals surface area contributed by atoms with Gasteiger partial charge in [0.15, 0.2) is 5.78 Å². The summed E-state index contributed by atoms with van der Waals surface area (Å²) in [5, 5.41) is 0. The van der Waals surface area contributed by atoms with Crippen molar-refractivity contribution in [1.29, 1.82) is 0 Å². The Kier molecular flexibility index (Phi) is 4.52. The van der Waals surface area contributed by atoms with E-state index >= 15 is 0 Å². The van der Waals surface area contributed by atoms with Crippen molar-refractivity contribution >= 4 is 5.78 Å². The van der Waals surface area contributed by atoms with Gasteiger partial charge in [-0.25, -0.2) is 0 Å². The molecule has 1 nitrogen and oxygen atoms in total. The lowest BCUT2D eigenvalue weighted by atomic mass is 9.97. The fourth-order valence-electron chi connectivity index (χ4n) is 1.47. The highest BCUT2D eigenvalue weighted by molar-refractivity contribution is 5.98. The highest BCUT2D eigenvalue weighted by Crippen LogP contribution is 2.15. The smallest absolute Gasteiger partial charge is 0.162 e. The van der Waals surface area contributed by atoms with Crippen LogP contribution in [-0.2, 0) is 4.79 Å². The molecule has 0 radical (unpaired) electrons. The summed E-state index contributed by atoms with van der Waals surface area (Å²) in [5.41, 5.74) is 0.933. The molecule has 0 N–H and O–H groups in total. The summed E-state index contributed by atoms with van der Waals surface area (Å²) in [4.78, 5) is 11.3. The standard InChI is InChI=1S/C12H18O/c1-2-3-4-5-8-11-9-6-7-10-12(11)13/h5,8-9H,2-4,6-7,10H2,1H3/b8-5+. The van der Waals surface area contributed by atoms with Crippen molar-refractivity contribution in [3.8, 4) is 0 Å². The quantitative estimate of drug-likeness (QED) is 0.603. The second-order valence-corrected chi connectivity index (χ2v) is 3.52. The molecule has 0 aromatic rings. The highest BCUT2D eigenvalue weighted by Gasteiger charge is 2.09. The van der Waals surface area contributed by atoms with Gasteiger partial charge in [-0.2, -0.15) is 0 Å². The minimum atomic E-state index is 0.319. The Balaban J connectivity index is 2.38. The topological polar surface area (TPSA) is 17.1 Å². The summed E-state index contributed by atoms with van der Waals surface area (Å²) < 4.78 is 0. The molecule has 0 heterocycles. The average molecular weight is 178 g/mol. The van der Waals surface area contributed by atoms with E-state index in [2.05, 4.69) is 19.1 Å². The Hall–Kier alpha value is -0.850. The van der Waals surface area contributed by atoms with E-state index in [1.807, 2.05) is 6.08 Å². The van der Waals surface area contributed by atoms with Gasteiger partial charge in [0.05, 0.1) is 0 Å². The van der Waals surface area contributed by atoms with Crippen LogP contribution in [0.5, 0.6) is 0 Å². The molecule has 0 saturated heterocycles. The van der Waals surface area contributed by atoms with Gasteiger partial charge in [0, 0.05) is 12.0 Å². The van der Waals surface area contributed by atoms with Crippen molar-refractivity contribution in [3.63, 3.8) is 0 Å². The lowest BCUT2D eigenvalue weighted by Gasteiger charge is -2.06. The fourth-order valence-corrected chi connectivity index (χ4v) is 1.47. The van der Waals surface area contributed by atoms with Crippen molar-refractivity contribution in [2.75, 3.05) is 0 Å². The third-order valence-corrected chi connectivity index (χ3v) is 2.32. The van der Waals surface area contributed by atoms with Crippen molar-refractivity contribution in [2.45, 2.75) is 45.4 Å². The molecule has 0 saturated carbocycles. The molecule has 0 aliphatic heterocycles. The Morgan fingerprint density at radius 3 is 3.08 bits per heavy atom. The maximum absolute atomic E-state index is 11.3. The van der Waals surface area contributed by atoms with Gasteiger partial charge in [-0.3, -0.25) is 4.79 Å². The van der Waals surface area contributed by atoms with Crippen LogP contribution in [0.25, 0.3) is 0 Å². The Morgan fingerprint density at radius 1 is 1.54 bits per heavy atom. The Bertz CT molecular complexity index is 223. The highest BCUT2D eigenvalue weighted by atomic mass is 16.1. The van der Waals surface area contributed by atoms with Crippen LogP contribution in [0.15, 0.2) is 23.8 Å². The minimum Gasteiger partial charge on any atom is -0.294 e. The first kappa shape index (κ1) is 10.2. The lowest BCUT2D eigenvalue weighted by molar-refractivity contribution is -0.115. The summed E-state index contributed by atoms with van der Waals surface area (Å²) in [5.74, 6) is 0.319. The first-order valence-electron chi connectivity index (χ1n) is 5.24. The molecule has 1 aliphatic carbocycles. The van der Waals surface area contributed by atoms with Crippen LogP contribution in [0.2, 0.25) is 0 Å². The second-order valence-electron chi connectivity index (χ2n) is 3.52. The number of ketones is 1. The van der Waals surface area contributed by atoms with Crippen LogP contribution in [-0.4, -0.2) is 5.78 Å². The maximum atomic E-state index is 11.3. The Labute approximate surface area is 80.5 Å². The lowest BCUT2D eigenvalue weighted by Crippen LogP contribution is -2.04. The van der Waals surface area contributed by atoms with Gasteiger partial charge in [-0.1, -0.05) is 38.0 Å². The van der Waals surface area contributed by atoms with Crippen molar-refractivity contribution < 1.29 is 4.79 Å². The van der Waals surface area contributed by atoms with Crippen LogP contribution in [0.3, 0.4) is 0 Å². The Morgan fingerprint density at radius 2 is 2.38 bits per heavy atom. The molecule has 0 spiro atoms. The van der Waals surface area contributed by atoms with E-state index in [0.717, 1.165) is 31.3 Å². The van der Waals surface area contributed by atoms with E-state index in [9.17, 15) is 4.79 Å². The summed E-state index contributed by atoms with van der Waals surface area (Å²) in [6.45, 7) is 2.18. The molecule has 0 aromatic carbocycles. The van der Waals surface area contributed by atoms with Gasteiger partial charge in [0.25, 0.3) is 0 Å². The summed E-state index contributed by atoms with van der Waals surface area (Å²) in [6, 6.07) is 0. The first-order chi connectivity index (χ1) is 6.34. The number of rotatable bonds is 4. The average Bonchev–Trinajstić information content (AvgIpc) is 2.15. The summed E-state index contributed by atoms with van der Waals surface area (Å²) in [7, 11) is 0. The molecular formula is C12H18O. The number of carbonyl (C=O) groups excluding carboxylic acids is 1. The van der Waals surface area contributed by atoms with E-state index in [1.54, 1.807) is 0 Å². The summed E-state index contributed by atoms with van der Waals surface area (Å²) >= 11 is 0. The minimum absolute atomic E-state index is 0.319. The van der Waals surface area contributed by atoms with Crippen LogP contribution in [0.1, 0.15) is 45.4 Å². The molecule has 0 amide bonds. The molecule has 0 aromatic heterocycles. The monoisotopic (exact) mass is 178 g/mol. The van der Waals surface area contributed by atoms with Gasteiger partial charge >= 0.3 is 0 Å². The van der Waals surface area contributed by atoms with E-state index in [4.69, 9.17) is 0 Å². The zero-order valence-corrected chi connectivity index (χ0v) is 8.38. The van der Waals surface area contributed by atoms with Crippen LogP contribution >= 0.6 is 0 Å². The molecule has 0 unspecified atom stereocenters. The number of Topliss-reactive ketones (excluding diaryl/α,β-unsaturated/α-hetero) is 1. The van der Waals surface area contributed by atoms with E-state index in [1.165, 1.54) is 12.8 Å². The molecule has 1 rings (SSSR count). The van der Waals surface area contributed by atoms with Crippen molar-refractivity contribution in [2.24, 2.45) is 0 Å². The normalized spacial score (nSPS) is 17.9. The van der Waals surface area contributed by atoms with Crippen LogP contribution < -0.4 is 0 Å². The number of hydrogen-bond donors (Lipinski definition) is 0. The molecule has 1 aliphatic rings. The predicted octanol–water partition coefficient (Wildman–Crippen LogP) is 3.41. The van der Waals surface area contributed by atoms with Gasteiger partial charge in [0.2, 0.25) is 0 Å². The zero-order chi connectivity index (χ0) is 9.52. The van der Waals surface area contributed by atoms with Crippen LogP contribution in [0.4, 0.5) is 0 Å². The summed E-state index contributed by atoms with van der Waals surface area (Å²) in [6.07, 6.45) is 12.6. The zero-order valence-electron chi connectivity index (χ0n) is 8.38. The largest absolute Gasteiger partial charge is 0.294 e. The SMILES string of the molecule is CCCC/C=C/C1=CCCCC1=O. The third-order valence-electron chi connectivity index (χ3n) is 2.32. The van der Waals surface area contributed by atoms with Gasteiger partial charge in [-0.15, -0.1) is 0 Å². The number of unbranched alkanes of at least 4 members (excludes halogenated alkanes) is 2. The first-order valence-corrected chi connectivity index (χ1v) is 5.24. The molecule has 1 heteroatoms. The molecule has 72 valence electrons. The molecular weight excluding hydrogens is 160 g/mol. The second kappa shape index (κ2) is 5.74. The molecule has 13 heavy (non-hydrogen) atoms. The van der Waals surface area contributed by atoms with Crippen molar-refractivity contribution in [1.82, 2.24) is 0 Å². The molecule has 0 fully saturated rings. The van der Waals surface area contributed by atoms with Gasteiger partial charge in [0.1, 0.15) is 0 Å². The third kappa shape index (κ3) is 3.58. The van der Waals surface area contributed by atoms with E-state index < -0.39 is 0 Å². The van der Waals surface area contributed by atoms with Gasteiger partial charge < -0.3 is 0 Å². The molecule has 0 bridgehead atoms. The van der Waals surface area contributed by atoms with Crippen molar-refractivity contribution in [3.05, 3.63) is 23.8 Å². The van der Waals surface area contributed by atoms with E-state index in [-0.39, 0.29) is 0 Å². The van der Waals surface area contributed by atoms with E-state index in [0.29, 0.717) is 5.78 Å². The van der Waals surface area contributed by atoms with Gasteiger partial charge in [-0.05, 0) is 19.3 Å². The fraction of sp³-hybridized carbons (Fsp3) is 0.583. The maximum Gasteiger partial charge on any atom is 0.162 e. The van der Waals surface area contributed by atoms with Crippen LogP contribution in [0, 0.1) is 0 Å².